The van der Waals surface area contributed by atoms with E-state index in [1.54, 1.807) is 36.4 Å². The van der Waals surface area contributed by atoms with E-state index in [2.05, 4.69) is 22.0 Å². The highest BCUT2D eigenvalue weighted by Crippen LogP contribution is 2.24. The number of nitriles is 1. The van der Waals surface area contributed by atoms with Crippen molar-refractivity contribution in [2.75, 3.05) is 6.61 Å². The minimum absolute atomic E-state index is 0.210. The summed E-state index contributed by atoms with van der Waals surface area (Å²) in [6, 6.07) is 16.2. The SMILES string of the molecule is CCOc1ccc(C(=O)C(C#N)c2cccc(Br)c2)cc1. The molecule has 3 nitrogen and oxygen atoms in total. The average molecular weight is 344 g/mol. The quantitative estimate of drug-likeness (QED) is 0.758. The van der Waals surface area contributed by atoms with Crippen LogP contribution in [0, 0.1) is 11.3 Å². The number of nitrogens with zero attached hydrogens (tertiary/aromatic N) is 1. The summed E-state index contributed by atoms with van der Waals surface area (Å²) in [6.45, 7) is 2.48. The summed E-state index contributed by atoms with van der Waals surface area (Å²) in [4.78, 5) is 12.5. The Morgan fingerprint density at radius 2 is 2.00 bits per heavy atom. The standard InChI is InChI=1S/C17H14BrNO2/c1-2-21-15-8-6-12(7-9-15)17(20)16(11-19)13-4-3-5-14(18)10-13/h3-10,16H,2H2,1H3. The van der Waals surface area contributed by atoms with Crippen molar-refractivity contribution in [3.8, 4) is 11.8 Å². The van der Waals surface area contributed by atoms with Crippen molar-refractivity contribution in [1.29, 1.82) is 5.26 Å². The van der Waals surface area contributed by atoms with Crippen LogP contribution in [0.15, 0.2) is 53.0 Å². The van der Waals surface area contributed by atoms with Crippen LogP contribution in [0.25, 0.3) is 0 Å². The van der Waals surface area contributed by atoms with Gasteiger partial charge in [-0.05, 0) is 48.9 Å². The molecule has 1 atom stereocenters. The topological polar surface area (TPSA) is 50.1 Å². The molecule has 0 saturated carbocycles. The highest BCUT2D eigenvalue weighted by molar-refractivity contribution is 9.10. The van der Waals surface area contributed by atoms with Crippen LogP contribution in [0.5, 0.6) is 5.75 Å². The Balaban J connectivity index is 2.26. The number of carbonyl (C=O) groups excluding carboxylic acids is 1. The molecule has 0 aromatic heterocycles. The summed E-state index contributed by atoms with van der Waals surface area (Å²) in [6.07, 6.45) is 0. The highest BCUT2D eigenvalue weighted by atomic mass is 79.9. The smallest absolute Gasteiger partial charge is 0.184 e. The van der Waals surface area contributed by atoms with Gasteiger partial charge in [0, 0.05) is 10.0 Å². The number of benzene rings is 2. The maximum Gasteiger partial charge on any atom is 0.184 e. The Kier molecular flexibility index (Phi) is 5.13. The molecule has 0 bridgehead atoms. The second kappa shape index (κ2) is 7.05. The number of hydrogen-bond acceptors (Lipinski definition) is 3. The van der Waals surface area contributed by atoms with Crippen molar-refractivity contribution in [2.24, 2.45) is 0 Å². The lowest BCUT2D eigenvalue weighted by molar-refractivity contribution is 0.0979. The van der Waals surface area contributed by atoms with Gasteiger partial charge in [-0.3, -0.25) is 4.79 Å². The maximum atomic E-state index is 12.5. The van der Waals surface area contributed by atoms with Crippen LogP contribution in [-0.4, -0.2) is 12.4 Å². The molecular formula is C17H14BrNO2. The summed E-state index contributed by atoms with van der Waals surface area (Å²) in [5, 5.41) is 9.33. The Hall–Kier alpha value is -2.12. The van der Waals surface area contributed by atoms with E-state index < -0.39 is 5.92 Å². The maximum absolute atomic E-state index is 12.5. The predicted octanol–water partition coefficient (Wildman–Crippen LogP) is 4.34. The molecule has 106 valence electrons. The molecule has 0 heterocycles. The Morgan fingerprint density at radius 1 is 1.29 bits per heavy atom. The number of Topliss-reactive ketones (excluding diaryl/α,β-unsaturated/α-hetero) is 1. The Labute approximate surface area is 132 Å². The first kappa shape index (κ1) is 15.3. The molecule has 21 heavy (non-hydrogen) atoms. The van der Waals surface area contributed by atoms with Gasteiger partial charge in [0.25, 0.3) is 0 Å². The number of ether oxygens (including phenoxy) is 1. The van der Waals surface area contributed by atoms with Crippen LogP contribution in [0.1, 0.15) is 28.8 Å². The first-order valence-corrected chi connectivity index (χ1v) is 7.37. The van der Waals surface area contributed by atoms with E-state index in [1.165, 1.54) is 0 Å². The minimum atomic E-state index is -0.805. The second-order valence-electron chi connectivity index (χ2n) is 4.44. The van der Waals surface area contributed by atoms with Gasteiger partial charge < -0.3 is 4.74 Å². The lowest BCUT2D eigenvalue weighted by atomic mass is 9.92. The number of carbonyl (C=O) groups is 1. The monoisotopic (exact) mass is 343 g/mol. The zero-order valence-corrected chi connectivity index (χ0v) is 13.1. The minimum Gasteiger partial charge on any atom is -0.494 e. The molecular weight excluding hydrogens is 330 g/mol. The van der Waals surface area contributed by atoms with Crippen LogP contribution in [0.4, 0.5) is 0 Å². The summed E-state index contributed by atoms with van der Waals surface area (Å²) in [5.41, 5.74) is 1.19. The van der Waals surface area contributed by atoms with Crippen LogP contribution in [0.3, 0.4) is 0 Å². The fourth-order valence-electron chi connectivity index (χ4n) is 2.02. The number of ketones is 1. The highest BCUT2D eigenvalue weighted by Gasteiger charge is 2.21. The predicted molar refractivity (Wildman–Crippen MR) is 84.4 cm³/mol. The van der Waals surface area contributed by atoms with Gasteiger partial charge in [-0.15, -0.1) is 0 Å². The lowest BCUT2D eigenvalue weighted by Crippen LogP contribution is -2.11. The van der Waals surface area contributed by atoms with Crippen LogP contribution in [-0.2, 0) is 0 Å². The van der Waals surface area contributed by atoms with Gasteiger partial charge in [0.05, 0.1) is 12.7 Å². The van der Waals surface area contributed by atoms with E-state index in [1.807, 2.05) is 19.1 Å². The van der Waals surface area contributed by atoms with Gasteiger partial charge in [-0.2, -0.15) is 5.26 Å². The van der Waals surface area contributed by atoms with Crippen molar-refractivity contribution >= 4 is 21.7 Å². The molecule has 2 aromatic rings. The molecule has 0 amide bonds. The summed E-state index contributed by atoms with van der Waals surface area (Å²) < 4.78 is 6.19. The fraction of sp³-hybridized carbons (Fsp3) is 0.176. The van der Waals surface area contributed by atoms with Gasteiger partial charge in [0.1, 0.15) is 11.7 Å². The molecule has 0 aliphatic heterocycles. The van der Waals surface area contributed by atoms with Gasteiger partial charge in [-0.25, -0.2) is 0 Å². The zero-order valence-electron chi connectivity index (χ0n) is 11.5. The summed E-state index contributed by atoms with van der Waals surface area (Å²) >= 11 is 3.35. The van der Waals surface area contributed by atoms with Crippen molar-refractivity contribution in [1.82, 2.24) is 0 Å². The molecule has 0 N–H and O–H groups in total. The normalized spacial score (nSPS) is 11.5. The third-order valence-electron chi connectivity index (χ3n) is 3.02. The van der Waals surface area contributed by atoms with Crippen LogP contribution in [0.2, 0.25) is 0 Å². The van der Waals surface area contributed by atoms with Crippen molar-refractivity contribution in [3.05, 3.63) is 64.1 Å². The molecule has 2 rings (SSSR count). The number of hydrogen-bond donors (Lipinski definition) is 0. The van der Waals surface area contributed by atoms with Crippen molar-refractivity contribution in [3.63, 3.8) is 0 Å². The van der Waals surface area contributed by atoms with Gasteiger partial charge >= 0.3 is 0 Å². The van der Waals surface area contributed by atoms with E-state index >= 15 is 0 Å². The zero-order chi connectivity index (χ0) is 15.2. The molecule has 2 aromatic carbocycles. The Bertz CT molecular complexity index is 674. The molecule has 0 fully saturated rings. The molecule has 0 saturated heterocycles. The third-order valence-corrected chi connectivity index (χ3v) is 3.52. The van der Waals surface area contributed by atoms with E-state index in [4.69, 9.17) is 4.74 Å². The van der Waals surface area contributed by atoms with E-state index in [0.717, 1.165) is 4.47 Å². The summed E-state index contributed by atoms with van der Waals surface area (Å²) in [7, 11) is 0. The van der Waals surface area contributed by atoms with Gasteiger partial charge in [0.15, 0.2) is 5.78 Å². The molecule has 4 heteroatoms. The molecule has 0 aliphatic carbocycles. The lowest BCUT2D eigenvalue weighted by Gasteiger charge is -2.10. The molecule has 1 unspecified atom stereocenters. The molecule has 0 aliphatic rings. The average Bonchev–Trinajstić information content (AvgIpc) is 2.49. The van der Waals surface area contributed by atoms with Crippen LogP contribution < -0.4 is 4.74 Å². The number of rotatable bonds is 5. The van der Waals surface area contributed by atoms with Crippen molar-refractivity contribution in [2.45, 2.75) is 12.8 Å². The van der Waals surface area contributed by atoms with E-state index in [0.29, 0.717) is 23.5 Å². The van der Waals surface area contributed by atoms with Crippen molar-refractivity contribution < 1.29 is 9.53 Å². The van der Waals surface area contributed by atoms with Crippen LogP contribution >= 0.6 is 15.9 Å². The van der Waals surface area contributed by atoms with Gasteiger partial charge in [-0.1, -0.05) is 28.1 Å². The Morgan fingerprint density at radius 3 is 2.57 bits per heavy atom. The first-order valence-electron chi connectivity index (χ1n) is 6.58. The molecule has 0 radical (unpaired) electrons. The molecule has 0 spiro atoms. The van der Waals surface area contributed by atoms with E-state index in [-0.39, 0.29) is 5.78 Å². The third kappa shape index (κ3) is 3.71. The largest absolute Gasteiger partial charge is 0.494 e. The van der Waals surface area contributed by atoms with E-state index in [9.17, 15) is 10.1 Å². The van der Waals surface area contributed by atoms with Gasteiger partial charge in [0.2, 0.25) is 0 Å². The second-order valence-corrected chi connectivity index (χ2v) is 5.35. The summed E-state index contributed by atoms with van der Waals surface area (Å²) in [5.74, 6) is -0.302. The first-order chi connectivity index (χ1) is 10.2. The fourth-order valence-corrected chi connectivity index (χ4v) is 2.44. The number of halogens is 1.